The molecule has 27 heavy (non-hydrogen) atoms. The molecule has 6 nitrogen and oxygen atoms in total. The molecule has 0 atom stereocenters. The van der Waals surface area contributed by atoms with Crippen molar-refractivity contribution in [1.29, 1.82) is 0 Å². The molecule has 0 bridgehead atoms. The van der Waals surface area contributed by atoms with E-state index in [1.54, 1.807) is 29.2 Å². The topological polar surface area (TPSA) is 72.3 Å². The van der Waals surface area contributed by atoms with E-state index in [1.165, 1.54) is 18.3 Å². The van der Waals surface area contributed by atoms with E-state index in [0.717, 1.165) is 6.07 Å². The predicted molar refractivity (Wildman–Crippen MR) is 90.9 cm³/mol. The number of hydrogen-bond acceptors (Lipinski definition) is 4. The minimum atomic E-state index is -0.695. The molecule has 0 saturated heterocycles. The molecule has 0 radical (unpaired) electrons. The third kappa shape index (κ3) is 3.57. The SMILES string of the molecule is Fc1ccc(CCn2cnc(-c3cc(-c4n[nH]nc4F)ccn3)c2)c(F)c1. The molecule has 0 aliphatic carbocycles. The number of nitrogens with one attached hydrogen (secondary N) is 1. The lowest BCUT2D eigenvalue weighted by Gasteiger charge is -2.04. The van der Waals surface area contributed by atoms with Gasteiger partial charge in [0.2, 0.25) is 0 Å². The van der Waals surface area contributed by atoms with Gasteiger partial charge in [-0.05, 0) is 30.2 Å². The average molecular weight is 370 g/mol. The molecular weight excluding hydrogens is 357 g/mol. The Morgan fingerprint density at radius 3 is 2.63 bits per heavy atom. The number of aryl methyl sites for hydroxylation is 2. The van der Waals surface area contributed by atoms with Gasteiger partial charge in [0.15, 0.2) is 0 Å². The Morgan fingerprint density at radius 1 is 0.963 bits per heavy atom. The largest absolute Gasteiger partial charge is 0.336 e. The maximum absolute atomic E-state index is 13.7. The van der Waals surface area contributed by atoms with Crippen molar-refractivity contribution >= 4 is 0 Å². The predicted octanol–water partition coefficient (Wildman–Crippen LogP) is 3.39. The fraction of sp³-hybridized carbons (Fsp3) is 0.111. The highest BCUT2D eigenvalue weighted by Crippen LogP contribution is 2.23. The quantitative estimate of drug-likeness (QED) is 0.585. The molecule has 0 aliphatic heterocycles. The summed E-state index contributed by atoms with van der Waals surface area (Å²) in [6.07, 6.45) is 5.28. The number of nitrogens with zero attached hydrogens (tertiary/aromatic N) is 5. The number of halogens is 3. The Hall–Kier alpha value is -3.49. The lowest BCUT2D eigenvalue weighted by atomic mass is 10.1. The minimum absolute atomic E-state index is 0.102. The summed E-state index contributed by atoms with van der Waals surface area (Å²) in [6.45, 7) is 0.465. The summed E-state index contributed by atoms with van der Waals surface area (Å²) in [7, 11) is 0. The molecule has 3 heterocycles. The van der Waals surface area contributed by atoms with Gasteiger partial charge < -0.3 is 4.57 Å². The number of hydrogen-bond donors (Lipinski definition) is 1. The Labute approximate surface area is 151 Å². The zero-order valence-electron chi connectivity index (χ0n) is 13.9. The van der Waals surface area contributed by atoms with Crippen LogP contribution in [0.3, 0.4) is 0 Å². The molecule has 4 aromatic rings. The van der Waals surface area contributed by atoms with Gasteiger partial charge in [0.25, 0.3) is 5.95 Å². The van der Waals surface area contributed by atoms with E-state index in [0.29, 0.717) is 35.5 Å². The van der Waals surface area contributed by atoms with Crippen LogP contribution >= 0.6 is 0 Å². The van der Waals surface area contributed by atoms with E-state index in [4.69, 9.17) is 0 Å². The van der Waals surface area contributed by atoms with Crippen LogP contribution in [0.2, 0.25) is 0 Å². The number of H-pyrrole nitrogens is 1. The summed E-state index contributed by atoms with van der Waals surface area (Å²) < 4.78 is 42.1. The van der Waals surface area contributed by atoms with Gasteiger partial charge in [-0.15, -0.1) is 5.10 Å². The maximum atomic E-state index is 13.7. The summed E-state index contributed by atoms with van der Waals surface area (Å²) in [4.78, 5) is 8.54. The molecule has 0 unspecified atom stereocenters. The van der Waals surface area contributed by atoms with Gasteiger partial charge in [-0.2, -0.15) is 14.7 Å². The third-order valence-corrected chi connectivity index (χ3v) is 4.09. The maximum Gasteiger partial charge on any atom is 0.260 e. The Balaban J connectivity index is 1.52. The van der Waals surface area contributed by atoms with E-state index in [1.807, 2.05) is 0 Å². The van der Waals surface area contributed by atoms with Crippen LogP contribution in [0.15, 0.2) is 49.1 Å². The highest BCUT2D eigenvalue weighted by Gasteiger charge is 2.12. The Kier molecular flexibility index (Phi) is 4.41. The van der Waals surface area contributed by atoms with Crippen molar-refractivity contribution < 1.29 is 13.2 Å². The molecule has 0 fully saturated rings. The summed E-state index contributed by atoms with van der Waals surface area (Å²) >= 11 is 0. The summed E-state index contributed by atoms with van der Waals surface area (Å²) in [5, 5.41) is 9.38. The van der Waals surface area contributed by atoms with Crippen molar-refractivity contribution in [3.05, 3.63) is 72.2 Å². The van der Waals surface area contributed by atoms with Crippen molar-refractivity contribution in [3.8, 4) is 22.6 Å². The minimum Gasteiger partial charge on any atom is -0.336 e. The Morgan fingerprint density at radius 2 is 1.85 bits per heavy atom. The first kappa shape index (κ1) is 17.0. The first-order valence-electron chi connectivity index (χ1n) is 8.09. The number of aromatic amines is 1. The van der Waals surface area contributed by atoms with Crippen LogP contribution in [0.4, 0.5) is 13.2 Å². The van der Waals surface area contributed by atoms with E-state index in [2.05, 4.69) is 25.4 Å². The van der Waals surface area contributed by atoms with Gasteiger partial charge >= 0.3 is 0 Å². The molecule has 136 valence electrons. The van der Waals surface area contributed by atoms with Crippen LogP contribution in [0.1, 0.15) is 5.56 Å². The zero-order valence-corrected chi connectivity index (χ0v) is 13.9. The lowest BCUT2D eigenvalue weighted by Crippen LogP contribution is -2.01. The van der Waals surface area contributed by atoms with Crippen molar-refractivity contribution in [3.63, 3.8) is 0 Å². The molecule has 1 aromatic carbocycles. The fourth-order valence-electron chi connectivity index (χ4n) is 2.71. The van der Waals surface area contributed by atoms with Gasteiger partial charge in [0, 0.05) is 30.6 Å². The summed E-state index contributed by atoms with van der Waals surface area (Å²) in [6, 6.07) is 6.81. The molecule has 1 N–H and O–H groups in total. The number of rotatable bonds is 5. The van der Waals surface area contributed by atoms with Crippen LogP contribution in [0, 0.1) is 17.6 Å². The van der Waals surface area contributed by atoms with Crippen molar-refractivity contribution in [1.82, 2.24) is 29.9 Å². The van der Waals surface area contributed by atoms with Crippen molar-refractivity contribution in [2.24, 2.45) is 0 Å². The highest BCUT2D eigenvalue weighted by atomic mass is 19.1. The van der Waals surface area contributed by atoms with Crippen LogP contribution in [-0.2, 0) is 13.0 Å². The second-order valence-electron chi connectivity index (χ2n) is 5.88. The monoisotopic (exact) mass is 370 g/mol. The first-order valence-corrected chi connectivity index (χ1v) is 8.09. The fourth-order valence-corrected chi connectivity index (χ4v) is 2.71. The van der Waals surface area contributed by atoms with Gasteiger partial charge in [0.1, 0.15) is 23.0 Å². The first-order chi connectivity index (χ1) is 13.1. The van der Waals surface area contributed by atoms with E-state index in [-0.39, 0.29) is 5.69 Å². The normalized spacial score (nSPS) is 11.1. The number of pyridine rings is 1. The number of benzene rings is 1. The number of aromatic nitrogens is 6. The average Bonchev–Trinajstić information content (AvgIpc) is 3.30. The molecule has 0 amide bonds. The summed E-state index contributed by atoms with van der Waals surface area (Å²) in [5.74, 6) is -1.87. The van der Waals surface area contributed by atoms with E-state index < -0.39 is 17.6 Å². The van der Waals surface area contributed by atoms with Gasteiger partial charge in [-0.3, -0.25) is 4.98 Å². The van der Waals surface area contributed by atoms with Gasteiger partial charge in [-0.25, -0.2) is 13.8 Å². The standard InChI is InChI=1S/C18H13F3N6/c19-13-2-1-11(14(20)8-13)4-6-27-9-16(23-10-27)15-7-12(3-5-22-15)17-18(21)25-26-24-17/h1-3,5,7-10H,4,6H2,(H,24,25,26). The van der Waals surface area contributed by atoms with Gasteiger partial charge in [0.05, 0.1) is 12.0 Å². The lowest BCUT2D eigenvalue weighted by molar-refractivity contribution is 0.563. The molecule has 4 rings (SSSR count). The molecule has 3 aromatic heterocycles. The van der Waals surface area contributed by atoms with Crippen LogP contribution in [-0.4, -0.2) is 29.9 Å². The van der Waals surface area contributed by atoms with E-state index in [9.17, 15) is 13.2 Å². The second-order valence-corrected chi connectivity index (χ2v) is 5.88. The van der Waals surface area contributed by atoms with E-state index >= 15 is 0 Å². The molecular formula is C18H13F3N6. The van der Waals surface area contributed by atoms with Crippen molar-refractivity contribution in [2.45, 2.75) is 13.0 Å². The smallest absolute Gasteiger partial charge is 0.260 e. The van der Waals surface area contributed by atoms with Crippen LogP contribution < -0.4 is 0 Å². The van der Waals surface area contributed by atoms with Crippen LogP contribution in [0.25, 0.3) is 22.6 Å². The van der Waals surface area contributed by atoms with Gasteiger partial charge in [-0.1, -0.05) is 6.07 Å². The molecule has 0 saturated carbocycles. The van der Waals surface area contributed by atoms with Crippen LogP contribution in [0.5, 0.6) is 0 Å². The molecule has 0 aliphatic rings. The Bertz CT molecular complexity index is 1090. The zero-order chi connectivity index (χ0) is 18.8. The highest BCUT2D eigenvalue weighted by molar-refractivity contribution is 5.65. The molecule has 9 heteroatoms. The number of imidazole rings is 1. The molecule has 0 spiro atoms. The summed E-state index contributed by atoms with van der Waals surface area (Å²) in [5.41, 5.74) is 2.18. The van der Waals surface area contributed by atoms with Crippen molar-refractivity contribution in [2.75, 3.05) is 0 Å². The second kappa shape index (κ2) is 7.02. The third-order valence-electron chi connectivity index (χ3n) is 4.09.